The highest BCUT2D eigenvalue weighted by Crippen LogP contribution is 2.33. The Morgan fingerprint density at radius 2 is 1.90 bits per heavy atom. The van der Waals surface area contributed by atoms with Gasteiger partial charge in [0.05, 0.1) is 10.7 Å². The number of amides is 1. The number of carbonyl (C=O) groups is 1. The molecule has 7 nitrogen and oxygen atoms in total. The van der Waals surface area contributed by atoms with Crippen molar-refractivity contribution in [3.8, 4) is 11.5 Å². The van der Waals surface area contributed by atoms with E-state index in [0.717, 1.165) is 42.5 Å². The van der Waals surface area contributed by atoms with Gasteiger partial charge in [-0.2, -0.15) is 0 Å². The lowest BCUT2D eigenvalue weighted by Gasteiger charge is -2.34. The minimum atomic E-state index is -0.00000353. The van der Waals surface area contributed by atoms with Gasteiger partial charge in [-0.15, -0.1) is 0 Å². The number of aryl methyl sites for hydroxylation is 1. The van der Waals surface area contributed by atoms with Gasteiger partial charge in [0.15, 0.2) is 11.5 Å². The highest BCUT2D eigenvalue weighted by atomic mass is 35.5. The van der Waals surface area contributed by atoms with Crippen molar-refractivity contribution < 1.29 is 14.3 Å². The van der Waals surface area contributed by atoms with Gasteiger partial charge in [-0.1, -0.05) is 17.7 Å². The highest BCUT2D eigenvalue weighted by Gasteiger charge is 2.26. The number of nitrogens with zero attached hydrogens (tertiary/aromatic N) is 4. The summed E-state index contributed by atoms with van der Waals surface area (Å²) < 4.78 is 12.6. The van der Waals surface area contributed by atoms with E-state index in [-0.39, 0.29) is 12.7 Å². The van der Waals surface area contributed by atoms with Crippen LogP contribution < -0.4 is 9.47 Å². The fraction of sp³-hybridized carbons (Fsp3) is 0.333. The van der Waals surface area contributed by atoms with Gasteiger partial charge in [-0.05, 0) is 36.8 Å². The lowest BCUT2D eigenvalue weighted by Crippen LogP contribution is -2.48. The predicted molar refractivity (Wildman–Crippen MR) is 109 cm³/mol. The Hall–Kier alpha value is -2.77. The van der Waals surface area contributed by atoms with Crippen molar-refractivity contribution in [1.29, 1.82) is 0 Å². The summed E-state index contributed by atoms with van der Waals surface area (Å²) in [4.78, 5) is 21.9. The molecule has 2 aliphatic rings. The first-order chi connectivity index (χ1) is 14.1. The van der Waals surface area contributed by atoms with E-state index < -0.39 is 0 Å². The third-order valence-corrected chi connectivity index (χ3v) is 5.69. The molecule has 0 bridgehead atoms. The normalized spacial score (nSPS) is 16.6. The van der Waals surface area contributed by atoms with Crippen LogP contribution in [0.4, 0.5) is 0 Å². The maximum atomic E-state index is 13.2. The zero-order valence-corrected chi connectivity index (χ0v) is 16.9. The largest absolute Gasteiger partial charge is 0.454 e. The monoisotopic (exact) mass is 412 g/mol. The summed E-state index contributed by atoms with van der Waals surface area (Å²) in [6.45, 7) is 5.96. The smallest absolute Gasteiger partial charge is 0.272 e. The molecule has 0 radical (unpaired) electrons. The third kappa shape index (κ3) is 3.41. The molecule has 8 heteroatoms. The number of ether oxygens (including phenoxy) is 2. The number of hydrogen-bond acceptors (Lipinski definition) is 5. The molecule has 0 spiro atoms. The summed E-state index contributed by atoms with van der Waals surface area (Å²) in [6.07, 6.45) is 1.75. The number of fused-ring (bicyclic) bond motifs is 2. The number of piperazine rings is 1. The topological polar surface area (TPSA) is 59.3 Å². The Bertz CT molecular complexity index is 1090. The van der Waals surface area contributed by atoms with E-state index in [0.29, 0.717) is 23.8 Å². The molecule has 29 heavy (non-hydrogen) atoms. The Kier molecular flexibility index (Phi) is 4.56. The molecule has 2 aromatic heterocycles. The van der Waals surface area contributed by atoms with E-state index in [9.17, 15) is 4.79 Å². The SMILES string of the molecule is Cc1nc2ccc(Cl)cn2c1C(=O)N1CCN(Cc2ccc3c(c2)OCO3)CC1. The number of hydrogen-bond donors (Lipinski definition) is 0. The molecule has 5 rings (SSSR count). The number of pyridine rings is 1. The van der Waals surface area contributed by atoms with Crippen LogP contribution in [-0.4, -0.2) is 58.1 Å². The quantitative estimate of drug-likeness (QED) is 0.662. The van der Waals surface area contributed by atoms with Gasteiger partial charge in [0.1, 0.15) is 11.3 Å². The maximum absolute atomic E-state index is 13.2. The molecule has 150 valence electrons. The van der Waals surface area contributed by atoms with E-state index in [4.69, 9.17) is 21.1 Å². The second-order valence-corrected chi connectivity index (χ2v) is 7.81. The Morgan fingerprint density at radius 1 is 1.10 bits per heavy atom. The molecule has 1 saturated heterocycles. The van der Waals surface area contributed by atoms with E-state index >= 15 is 0 Å². The fourth-order valence-corrected chi connectivity index (χ4v) is 4.11. The molecule has 3 aromatic rings. The van der Waals surface area contributed by atoms with Gasteiger partial charge in [-0.3, -0.25) is 14.1 Å². The van der Waals surface area contributed by atoms with Crippen LogP contribution in [0.5, 0.6) is 11.5 Å². The summed E-state index contributed by atoms with van der Waals surface area (Å²) in [6, 6.07) is 9.67. The maximum Gasteiger partial charge on any atom is 0.272 e. The fourth-order valence-electron chi connectivity index (χ4n) is 3.95. The molecule has 1 amide bonds. The lowest BCUT2D eigenvalue weighted by atomic mass is 10.1. The number of benzene rings is 1. The van der Waals surface area contributed by atoms with Crippen LogP contribution in [0.25, 0.3) is 5.65 Å². The van der Waals surface area contributed by atoms with E-state index in [2.05, 4.69) is 16.0 Å². The predicted octanol–water partition coefficient (Wildman–Crippen LogP) is 2.98. The first-order valence-corrected chi connectivity index (χ1v) is 10.0. The number of aromatic nitrogens is 2. The molecule has 4 heterocycles. The van der Waals surface area contributed by atoms with Crippen molar-refractivity contribution in [3.05, 3.63) is 58.5 Å². The third-order valence-electron chi connectivity index (χ3n) is 5.46. The zero-order chi connectivity index (χ0) is 20.0. The molecule has 1 aromatic carbocycles. The number of halogens is 1. The van der Waals surface area contributed by atoms with Crippen LogP contribution >= 0.6 is 11.6 Å². The van der Waals surface area contributed by atoms with Gasteiger partial charge in [-0.25, -0.2) is 4.98 Å². The van der Waals surface area contributed by atoms with Gasteiger partial charge < -0.3 is 14.4 Å². The molecule has 1 fully saturated rings. The van der Waals surface area contributed by atoms with Crippen LogP contribution in [0, 0.1) is 6.92 Å². The van der Waals surface area contributed by atoms with Crippen molar-refractivity contribution in [1.82, 2.24) is 19.2 Å². The van der Waals surface area contributed by atoms with E-state index in [1.54, 1.807) is 16.7 Å². The lowest BCUT2D eigenvalue weighted by molar-refractivity contribution is 0.0621. The second-order valence-electron chi connectivity index (χ2n) is 7.38. The van der Waals surface area contributed by atoms with Crippen molar-refractivity contribution in [2.75, 3.05) is 33.0 Å². The van der Waals surface area contributed by atoms with E-state index in [1.807, 2.05) is 30.0 Å². The first kappa shape index (κ1) is 18.3. The van der Waals surface area contributed by atoms with Gasteiger partial charge in [0.25, 0.3) is 5.91 Å². The van der Waals surface area contributed by atoms with Crippen molar-refractivity contribution >= 4 is 23.2 Å². The molecule has 2 aliphatic heterocycles. The average molecular weight is 413 g/mol. The van der Waals surface area contributed by atoms with Gasteiger partial charge in [0.2, 0.25) is 6.79 Å². The minimum Gasteiger partial charge on any atom is -0.454 e. The van der Waals surface area contributed by atoms with Gasteiger partial charge in [0, 0.05) is 38.9 Å². The highest BCUT2D eigenvalue weighted by molar-refractivity contribution is 6.30. The molecular weight excluding hydrogens is 392 g/mol. The molecule has 0 saturated carbocycles. The summed E-state index contributed by atoms with van der Waals surface area (Å²) in [5, 5.41) is 0.581. The Labute approximate surface area is 173 Å². The molecule has 0 aliphatic carbocycles. The number of rotatable bonds is 3. The molecule has 0 unspecified atom stereocenters. The standard InChI is InChI=1S/C21H21ClN4O3/c1-14-20(26-12-16(22)3-5-19(26)23-14)21(27)25-8-6-24(7-9-25)11-15-2-4-17-18(10-15)29-13-28-17/h2-5,10,12H,6-9,11,13H2,1H3. The van der Waals surface area contributed by atoms with Crippen LogP contribution in [0.1, 0.15) is 21.7 Å². The van der Waals surface area contributed by atoms with Crippen molar-refractivity contribution in [2.24, 2.45) is 0 Å². The van der Waals surface area contributed by atoms with Crippen LogP contribution in [-0.2, 0) is 6.54 Å². The summed E-state index contributed by atoms with van der Waals surface area (Å²) in [5.41, 5.74) is 3.23. The molecular formula is C21H21ClN4O3. The minimum absolute atomic E-state index is 0.00000353. The Balaban J connectivity index is 1.27. The van der Waals surface area contributed by atoms with E-state index in [1.165, 1.54) is 5.56 Å². The first-order valence-electron chi connectivity index (χ1n) is 9.63. The zero-order valence-electron chi connectivity index (χ0n) is 16.1. The number of imidazole rings is 1. The second kappa shape index (κ2) is 7.24. The van der Waals surface area contributed by atoms with Gasteiger partial charge >= 0.3 is 0 Å². The van der Waals surface area contributed by atoms with Crippen molar-refractivity contribution in [2.45, 2.75) is 13.5 Å². The van der Waals surface area contributed by atoms with Crippen molar-refractivity contribution in [3.63, 3.8) is 0 Å². The summed E-state index contributed by atoms with van der Waals surface area (Å²) in [5.74, 6) is 1.60. The number of carbonyl (C=O) groups excluding carboxylic acids is 1. The molecule has 0 atom stereocenters. The average Bonchev–Trinajstić information content (AvgIpc) is 3.31. The Morgan fingerprint density at radius 3 is 2.72 bits per heavy atom. The van der Waals surface area contributed by atoms with Crippen LogP contribution in [0.2, 0.25) is 5.02 Å². The summed E-state index contributed by atoms with van der Waals surface area (Å²) in [7, 11) is 0. The van der Waals surface area contributed by atoms with Crippen LogP contribution in [0.3, 0.4) is 0 Å². The summed E-state index contributed by atoms with van der Waals surface area (Å²) >= 11 is 6.12. The van der Waals surface area contributed by atoms with Crippen LogP contribution in [0.15, 0.2) is 36.5 Å². The molecule has 0 N–H and O–H groups in total.